The van der Waals surface area contributed by atoms with Crippen LogP contribution in [0.25, 0.3) is 88.2 Å². The van der Waals surface area contributed by atoms with Gasteiger partial charge in [-0.15, -0.1) is 0 Å². The minimum Gasteiger partial charge on any atom is -0.255 e. The summed E-state index contributed by atoms with van der Waals surface area (Å²) in [6.45, 7) is 0. The van der Waals surface area contributed by atoms with E-state index in [-0.39, 0.29) is 0 Å². The third kappa shape index (κ3) is 4.23. The van der Waals surface area contributed by atoms with Crippen molar-refractivity contribution in [2.24, 2.45) is 0 Å². The van der Waals surface area contributed by atoms with E-state index in [1.165, 1.54) is 32.7 Å². The molecule has 0 saturated carbocycles. The van der Waals surface area contributed by atoms with Crippen LogP contribution >= 0.6 is 0 Å². The van der Waals surface area contributed by atoms with Crippen molar-refractivity contribution in [2.45, 2.75) is 0 Å². The van der Waals surface area contributed by atoms with Crippen molar-refractivity contribution in [1.29, 1.82) is 0 Å². The minimum absolute atomic E-state index is 0.849. The van der Waals surface area contributed by atoms with Crippen LogP contribution in [0.3, 0.4) is 0 Å². The highest BCUT2D eigenvalue weighted by molar-refractivity contribution is 6.24. The second kappa shape index (κ2) is 10.7. The molecule has 0 saturated heterocycles. The van der Waals surface area contributed by atoms with Crippen molar-refractivity contribution in [2.75, 3.05) is 0 Å². The number of aromatic nitrogens is 4. The molecule has 5 aromatic carbocycles. The van der Waals surface area contributed by atoms with Gasteiger partial charge in [-0.1, -0.05) is 103 Å². The van der Waals surface area contributed by atoms with Crippen molar-refractivity contribution in [3.63, 3.8) is 0 Å². The fraction of sp³-hybridized carbons (Fsp3) is 0. The summed E-state index contributed by atoms with van der Waals surface area (Å²) in [6, 6.07) is 48.8. The number of hydrogen-bond acceptors (Lipinski definition) is 4. The molecular formula is C42H26N4. The summed E-state index contributed by atoms with van der Waals surface area (Å²) < 4.78 is 0. The maximum atomic E-state index is 5.25. The largest absolute Gasteiger partial charge is 0.255 e. The lowest BCUT2D eigenvalue weighted by molar-refractivity contribution is 1.25. The second-order valence-corrected chi connectivity index (χ2v) is 11.4. The molecule has 9 aromatic rings. The molecule has 0 aliphatic rings. The molecule has 0 spiro atoms. The summed E-state index contributed by atoms with van der Waals surface area (Å²) in [5, 5.41) is 6.87. The van der Waals surface area contributed by atoms with Crippen molar-refractivity contribution in [3.8, 4) is 44.9 Å². The van der Waals surface area contributed by atoms with Crippen LogP contribution in [0.15, 0.2) is 158 Å². The zero-order valence-electron chi connectivity index (χ0n) is 24.8. The lowest BCUT2D eigenvalue weighted by atomic mass is 9.84. The van der Waals surface area contributed by atoms with Gasteiger partial charge >= 0.3 is 0 Å². The first-order chi connectivity index (χ1) is 22.8. The number of hydrogen-bond donors (Lipinski definition) is 0. The number of rotatable bonds is 4. The van der Waals surface area contributed by atoms with E-state index in [0.717, 1.165) is 55.6 Å². The zero-order valence-corrected chi connectivity index (χ0v) is 24.8. The van der Waals surface area contributed by atoms with E-state index in [0.29, 0.717) is 0 Å². The van der Waals surface area contributed by atoms with Crippen molar-refractivity contribution in [3.05, 3.63) is 158 Å². The molecule has 46 heavy (non-hydrogen) atoms. The Morgan fingerprint density at radius 1 is 0.348 bits per heavy atom. The van der Waals surface area contributed by atoms with Gasteiger partial charge in [-0.05, 0) is 80.2 Å². The summed E-state index contributed by atoms with van der Waals surface area (Å²) in [5.41, 5.74) is 10.1. The quantitative estimate of drug-likeness (QED) is 0.152. The van der Waals surface area contributed by atoms with Crippen LogP contribution in [0.5, 0.6) is 0 Å². The molecular weight excluding hydrogens is 560 g/mol. The Kier molecular flexibility index (Phi) is 6.10. The highest BCUT2D eigenvalue weighted by Crippen LogP contribution is 2.46. The summed E-state index contributed by atoms with van der Waals surface area (Å²) >= 11 is 0. The predicted molar refractivity (Wildman–Crippen MR) is 189 cm³/mol. The maximum absolute atomic E-state index is 5.25. The first kappa shape index (κ1) is 26.2. The standard InChI is InChI=1S/C42H26N4/c1-2-11-27(12-3-1)37-26-35(34-20-19-28-13-10-23-45-41(28)42(34)46-37)40-32-16-6-4-14-30(32)39(31-15-5-7-17-33(31)40)29-21-24-44-38(25-29)36-18-8-9-22-43-36/h1-26H. The molecule has 0 atom stereocenters. The monoisotopic (exact) mass is 586 g/mol. The average Bonchev–Trinajstić information content (AvgIpc) is 3.14. The Morgan fingerprint density at radius 2 is 1.02 bits per heavy atom. The molecule has 0 N–H and O–H groups in total. The number of nitrogens with zero attached hydrogens (tertiary/aromatic N) is 4. The molecule has 4 nitrogen and oxygen atoms in total. The predicted octanol–water partition coefficient (Wildman–Crippen LogP) is 10.5. The van der Waals surface area contributed by atoms with Crippen LogP contribution in [0.1, 0.15) is 0 Å². The number of benzene rings is 5. The van der Waals surface area contributed by atoms with Gasteiger partial charge in [0.15, 0.2) is 0 Å². The third-order valence-corrected chi connectivity index (χ3v) is 8.80. The molecule has 0 amide bonds. The SMILES string of the molecule is c1ccc(-c2cc(-c3c4ccccc4c(-c4ccnc(-c5ccccn5)c4)c4ccccc34)c3ccc4cccnc4c3n2)cc1. The Labute approximate surface area is 265 Å². The van der Waals surface area contributed by atoms with Crippen molar-refractivity contribution in [1.82, 2.24) is 19.9 Å². The van der Waals surface area contributed by atoms with E-state index < -0.39 is 0 Å². The first-order valence-electron chi connectivity index (χ1n) is 15.4. The lowest BCUT2D eigenvalue weighted by Crippen LogP contribution is -1.95. The molecule has 0 fully saturated rings. The molecule has 9 rings (SSSR count). The molecule has 0 bridgehead atoms. The van der Waals surface area contributed by atoms with E-state index >= 15 is 0 Å². The van der Waals surface area contributed by atoms with Gasteiger partial charge in [0.05, 0.1) is 28.1 Å². The maximum Gasteiger partial charge on any atom is 0.0978 e. The summed E-state index contributed by atoms with van der Waals surface area (Å²) in [5.74, 6) is 0. The van der Waals surface area contributed by atoms with Crippen LogP contribution in [0.4, 0.5) is 0 Å². The van der Waals surface area contributed by atoms with E-state index in [1.54, 1.807) is 0 Å². The summed E-state index contributed by atoms with van der Waals surface area (Å²) in [4.78, 5) is 19.3. The molecule has 0 aliphatic carbocycles. The average molecular weight is 587 g/mol. The van der Waals surface area contributed by atoms with E-state index in [1.807, 2.05) is 48.9 Å². The van der Waals surface area contributed by atoms with Crippen LogP contribution < -0.4 is 0 Å². The lowest BCUT2D eigenvalue weighted by Gasteiger charge is -2.20. The van der Waals surface area contributed by atoms with E-state index in [9.17, 15) is 0 Å². The summed E-state index contributed by atoms with van der Waals surface area (Å²) in [7, 11) is 0. The van der Waals surface area contributed by atoms with Gasteiger partial charge in [-0.3, -0.25) is 15.0 Å². The number of pyridine rings is 4. The molecule has 0 aliphatic heterocycles. The Morgan fingerprint density at radius 3 is 1.76 bits per heavy atom. The van der Waals surface area contributed by atoms with Crippen LogP contribution in [0.2, 0.25) is 0 Å². The normalized spacial score (nSPS) is 11.5. The topological polar surface area (TPSA) is 51.6 Å². The van der Waals surface area contributed by atoms with E-state index in [4.69, 9.17) is 9.97 Å². The van der Waals surface area contributed by atoms with Gasteiger partial charge < -0.3 is 0 Å². The molecule has 214 valence electrons. The highest BCUT2D eigenvalue weighted by atomic mass is 14.8. The fourth-order valence-corrected chi connectivity index (χ4v) is 6.76. The minimum atomic E-state index is 0.849. The second-order valence-electron chi connectivity index (χ2n) is 11.4. The first-order valence-corrected chi connectivity index (χ1v) is 15.4. The number of fused-ring (bicyclic) bond motifs is 5. The molecule has 4 heterocycles. The smallest absolute Gasteiger partial charge is 0.0978 e. The third-order valence-electron chi connectivity index (χ3n) is 8.80. The Hall–Kier alpha value is -6.26. The van der Waals surface area contributed by atoms with Gasteiger partial charge in [-0.25, -0.2) is 4.98 Å². The zero-order chi connectivity index (χ0) is 30.5. The van der Waals surface area contributed by atoms with Gasteiger partial charge in [0.1, 0.15) is 0 Å². The summed E-state index contributed by atoms with van der Waals surface area (Å²) in [6.07, 6.45) is 5.55. The van der Waals surface area contributed by atoms with Crippen LogP contribution in [0, 0.1) is 0 Å². The Bertz CT molecular complexity index is 2520. The van der Waals surface area contributed by atoms with Crippen molar-refractivity contribution >= 4 is 43.4 Å². The molecule has 4 aromatic heterocycles. The van der Waals surface area contributed by atoms with Gasteiger partial charge in [-0.2, -0.15) is 0 Å². The van der Waals surface area contributed by atoms with Crippen molar-refractivity contribution < 1.29 is 0 Å². The molecule has 0 radical (unpaired) electrons. The van der Waals surface area contributed by atoms with Gasteiger partial charge in [0, 0.05) is 34.9 Å². The van der Waals surface area contributed by atoms with Crippen LogP contribution in [-0.2, 0) is 0 Å². The van der Waals surface area contributed by atoms with E-state index in [2.05, 4.69) is 119 Å². The molecule has 4 heteroatoms. The molecule has 0 unspecified atom stereocenters. The van der Waals surface area contributed by atoms with Gasteiger partial charge in [0.25, 0.3) is 0 Å². The van der Waals surface area contributed by atoms with Crippen LogP contribution in [-0.4, -0.2) is 19.9 Å². The Balaban J connectivity index is 1.41. The van der Waals surface area contributed by atoms with Gasteiger partial charge in [0.2, 0.25) is 0 Å². The fourth-order valence-electron chi connectivity index (χ4n) is 6.76. The highest BCUT2D eigenvalue weighted by Gasteiger charge is 2.20.